The summed E-state index contributed by atoms with van der Waals surface area (Å²) in [6.07, 6.45) is 5.52. The van der Waals surface area contributed by atoms with Gasteiger partial charge in [-0.3, -0.25) is 0 Å². The summed E-state index contributed by atoms with van der Waals surface area (Å²) in [7, 11) is 1.71. The predicted octanol–water partition coefficient (Wildman–Crippen LogP) is 3.60. The Kier molecular flexibility index (Phi) is 11.8. The maximum Gasteiger partial charge on any atom is 0.191 e. The van der Waals surface area contributed by atoms with Crippen LogP contribution >= 0.6 is 24.0 Å². The number of rotatable bonds is 10. The monoisotopic (exact) mass is 556 g/mol. The van der Waals surface area contributed by atoms with Gasteiger partial charge in [0.2, 0.25) is 0 Å². The van der Waals surface area contributed by atoms with Crippen molar-refractivity contribution in [2.24, 2.45) is 4.99 Å². The normalized spacial score (nSPS) is 13.7. The molecular weight excluding hydrogens is 519 g/mol. The van der Waals surface area contributed by atoms with Gasteiger partial charge in [-0.1, -0.05) is 18.6 Å². The molecule has 3 rings (SSSR count). The van der Waals surface area contributed by atoms with Gasteiger partial charge in [-0.2, -0.15) is 0 Å². The number of aromatic nitrogens is 3. The molecule has 0 bridgehead atoms. The molecule has 0 saturated heterocycles. The van der Waals surface area contributed by atoms with Crippen LogP contribution in [0.25, 0.3) is 0 Å². The summed E-state index contributed by atoms with van der Waals surface area (Å²) in [5.74, 6) is 3.73. The number of ether oxygens (including phenoxy) is 2. The molecule has 9 heteroatoms. The third-order valence-electron chi connectivity index (χ3n) is 5.32. The van der Waals surface area contributed by atoms with Crippen LogP contribution in [-0.4, -0.2) is 47.6 Å². The van der Waals surface area contributed by atoms with E-state index in [1.807, 2.05) is 0 Å². The fourth-order valence-corrected chi connectivity index (χ4v) is 3.66. The van der Waals surface area contributed by atoms with Crippen LogP contribution in [0.5, 0.6) is 5.75 Å². The molecule has 0 radical (unpaired) electrons. The predicted molar refractivity (Wildman–Crippen MR) is 138 cm³/mol. The molecule has 0 amide bonds. The topological polar surface area (TPSA) is 85.6 Å². The Morgan fingerprint density at radius 3 is 2.84 bits per heavy atom. The summed E-state index contributed by atoms with van der Waals surface area (Å²) in [6.45, 7) is 8.39. The van der Waals surface area contributed by atoms with Crippen molar-refractivity contribution < 1.29 is 9.47 Å². The molecule has 1 aromatic heterocycles. The number of methoxy groups -OCH3 is 1. The van der Waals surface area contributed by atoms with Crippen molar-refractivity contribution in [1.82, 2.24) is 25.4 Å². The lowest BCUT2D eigenvalue weighted by Crippen LogP contribution is -2.37. The van der Waals surface area contributed by atoms with Crippen LogP contribution in [0, 0.1) is 6.92 Å². The fraction of sp³-hybridized carbons (Fsp3) is 0.609. The molecule has 8 nitrogen and oxygen atoms in total. The number of fused-ring (bicyclic) bond motifs is 1. The lowest BCUT2D eigenvalue weighted by molar-refractivity contribution is 0.172. The summed E-state index contributed by atoms with van der Waals surface area (Å²) >= 11 is 0. The third kappa shape index (κ3) is 7.91. The van der Waals surface area contributed by atoms with Crippen molar-refractivity contribution in [1.29, 1.82) is 0 Å². The minimum atomic E-state index is 0. The van der Waals surface area contributed by atoms with Gasteiger partial charge >= 0.3 is 0 Å². The Morgan fingerprint density at radius 2 is 2.03 bits per heavy atom. The molecule has 1 aliphatic rings. The van der Waals surface area contributed by atoms with Gasteiger partial charge in [-0.05, 0) is 38.3 Å². The zero-order chi connectivity index (χ0) is 21.9. The van der Waals surface area contributed by atoms with Crippen LogP contribution < -0.4 is 15.4 Å². The van der Waals surface area contributed by atoms with Gasteiger partial charge in [-0.15, -0.1) is 34.2 Å². The van der Waals surface area contributed by atoms with Crippen LogP contribution in [-0.2, 0) is 30.8 Å². The summed E-state index contributed by atoms with van der Waals surface area (Å²) in [4.78, 5) is 4.78. The van der Waals surface area contributed by atoms with Gasteiger partial charge in [0.25, 0.3) is 0 Å². The molecule has 1 aromatic carbocycles. The molecule has 178 valence electrons. The first-order valence-corrected chi connectivity index (χ1v) is 11.4. The fourth-order valence-electron chi connectivity index (χ4n) is 3.66. The molecular formula is C23H37IN6O2. The Bertz CT molecular complexity index is 855. The minimum absolute atomic E-state index is 0. The van der Waals surface area contributed by atoms with Crippen molar-refractivity contribution in [3.8, 4) is 5.75 Å². The second-order valence-electron chi connectivity index (χ2n) is 7.85. The number of nitrogens with one attached hydrogen (secondary N) is 2. The molecule has 2 aromatic rings. The Morgan fingerprint density at radius 1 is 1.16 bits per heavy atom. The van der Waals surface area contributed by atoms with E-state index in [0.717, 1.165) is 54.9 Å². The molecule has 0 unspecified atom stereocenters. The molecule has 1 aliphatic heterocycles. The molecule has 32 heavy (non-hydrogen) atoms. The molecule has 0 atom stereocenters. The number of aliphatic imine (C=N–C) groups is 1. The summed E-state index contributed by atoms with van der Waals surface area (Å²) < 4.78 is 13.4. The van der Waals surface area contributed by atoms with Gasteiger partial charge in [0.1, 0.15) is 11.6 Å². The van der Waals surface area contributed by atoms with Gasteiger partial charge in [-0.25, -0.2) is 4.99 Å². The maximum absolute atomic E-state index is 5.99. The summed E-state index contributed by atoms with van der Waals surface area (Å²) in [6, 6.07) is 6.26. The lowest BCUT2D eigenvalue weighted by atomic mass is 10.1. The van der Waals surface area contributed by atoms with E-state index in [0.29, 0.717) is 26.3 Å². The smallest absolute Gasteiger partial charge is 0.191 e. The highest BCUT2D eigenvalue weighted by molar-refractivity contribution is 14.0. The Labute approximate surface area is 208 Å². The molecule has 2 N–H and O–H groups in total. The van der Waals surface area contributed by atoms with E-state index in [4.69, 9.17) is 14.5 Å². The van der Waals surface area contributed by atoms with E-state index in [2.05, 4.69) is 57.4 Å². The summed E-state index contributed by atoms with van der Waals surface area (Å²) in [5.41, 5.74) is 2.24. The number of aryl methyl sites for hydroxylation is 2. The molecule has 0 aliphatic carbocycles. The summed E-state index contributed by atoms with van der Waals surface area (Å²) in [5, 5.41) is 15.5. The number of benzene rings is 1. The average molecular weight is 556 g/mol. The van der Waals surface area contributed by atoms with Crippen LogP contribution in [0.1, 0.15) is 55.4 Å². The van der Waals surface area contributed by atoms with Crippen LogP contribution in [0.3, 0.4) is 0 Å². The quantitative estimate of drug-likeness (QED) is 0.201. The van der Waals surface area contributed by atoms with E-state index in [1.165, 1.54) is 24.8 Å². The van der Waals surface area contributed by atoms with E-state index in [9.17, 15) is 0 Å². The third-order valence-corrected chi connectivity index (χ3v) is 5.32. The zero-order valence-electron chi connectivity index (χ0n) is 19.5. The Hall–Kier alpha value is -1.88. The number of halogens is 1. The lowest BCUT2D eigenvalue weighted by Gasteiger charge is -2.14. The first-order valence-electron chi connectivity index (χ1n) is 11.4. The molecule has 0 spiro atoms. The SMILES string of the molecule is CCNC(=NCc1ccc(C)cc1OCCCOC)NCc1nnc2n1CCCCC2.I. The van der Waals surface area contributed by atoms with Crippen LogP contribution in [0.4, 0.5) is 0 Å². The van der Waals surface area contributed by atoms with Gasteiger partial charge < -0.3 is 24.7 Å². The number of nitrogens with zero attached hydrogens (tertiary/aromatic N) is 4. The van der Waals surface area contributed by atoms with Crippen molar-refractivity contribution in [2.45, 2.75) is 65.6 Å². The maximum atomic E-state index is 5.99. The van der Waals surface area contributed by atoms with Crippen LogP contribution in [0.2, 0.25) is 0 Å². The number of hydrogen-bond donors (Lipinski definition) is 2. The molecule has 2 heterocycles. The van der Waals surface area contributed by atoms with E-state index >= 15 is 0 Å². The second kappa shape index (κ2) is 14.3. The van der Waals surface area contributed by atoms with Gasteiger partial charge in [0.05, 0.1) is 19.7 Å². The Balaban J connectivity index is 0.00000363. The standard InChI is InChI=1S/C23H36N6O2.HI/c1-4-24-23(26-17-22-28-27-21-9-6-5-7-12-29(21)22)25-16-19-11-10-18(2)15-20(19)31-14-8-13-30-3;/h10-11,15H,4-9,12-14,16-17H2,1-3H3,(H2,24,25,26);1H. The first kappa shape index (κ1) is 26.4. The highest BCUT2D eigenvalue weighted by Crippen LogP contribution is 2.21. The largest absolute Gasteiger partial charge is 0.493 e. The highest BCUT2D eigenvalue weighted by atomic mass is 127. The molecule has 0 fully saturated rings. The van der Waals surface area contributed by atoms with Gasteiger partial charge in [0.15, 0.2) is 11.8 Å². The highest BCUT2D eigenvalue weighted by Gasteiger charge is 2.14. The van der Waals surface area contributed by atoms with Crippen molar-refractivity contribution >= 4 is 29.9 Å². The van der Waals surface area contributed by atoms with Crippen molar-refractivity contribution in [3.05, 3.63) is 41.0 Å². The number of hydrogen-bond acceptors (Lipinski definition) is 5. The van der Waals surface area contributed by atoms with E-state index in [1.54, 1.807) is 7.11 Å². The van der Waals surface area contributed by atoms with Crippen molar-refractivity contribution in [2.75, 3.05) is 26.9 Å². The van der Waals surface area contributed by atoms with Crippen molar-refractivity contribution in [3.63, 3.8) is 0 Å². The van der Waals surface area contributed by atoms with E-state index < -0.39 is 0 Å². The van der Waals surface area contributed by atoms with E-state index in [-0.39, 0.29) is 24.0 Å². The minimum Gasteiger partial charge on any atom is -0.493 e. The molecule has 0 saturated carbocycles. The van der Waals surface area contributed by atoms with Crippen LogP contribution in [0.15, 0.2) is 23.2 Å². The average Bonchev–Trinajstić information content (AvgIpc) is 3.00. The number of guanidine groups is 1. The first-order chi connectivity index (χ1) is 15.2. The second-order valence-corrected chi connectivity index (χ2v) is 7.85. The zero-order valence-corrected chi connectivity index (χ0v) is 21.9. The van der Waals surface area contributed by atoms with Gasteiger partial charge in [0, 0.05) is 45.2 Å².